The van der Waals surface area contributed by atoms with E-state index < -0.39 is 0 Å². The fourth-order valence-electron chi connectivity index (χ4n) is 2.27. The minimum absolute atomic E-state index is 0.472. The van der Waals surface area contributed by atoms with Gasteiger partial charge in [0.2, 0.25) is 0 Å². The smallest absolute Gasteiger partial charge is 0.0619 e. The van der Waals surface area contributed by atoms with Gasteiger partial charge < -0.3 is 14.8 Å². The largest absolute Gasteiger partial charge is 0.381 e. The Morgan fingerprint density at radius 2 is 1.71 bits per heavy atom. The third kappa shape index (κ3) is 6.39. The van der Waals surface area contributed by atoms with Gasteiger partial charge in [0, 0.05) is 25.9 Å². The summed E-state index contributed by atoms with van der Waals surface area (Å²) in [5.41, 5.74) is 0. The molecule has 1 heterocycles. The Labute approximate surface area is 105 Å². The van der Waals surface area contributed by atoms with Gasteiger partial charge in [-0.2, -0.15) is 0 Å². The minimum Gasteiger partial charge on any atom is -0.381 e. The summed E-state index contributed by atoms with van der Waals surface area (Å²) in [6.07, 6.45) is 10.7. The van der Waals surface area contributed by atoms with Crippen LogP contribution in [0.4, 0.5) is 0 Å². The zero-order valence-electron chi connectivity index (χ0n) is 11.0. The number of nitrogens with one attached hydrogen (secondary N) is 1. The van der Waals surface area contributed by atoms with Crippen LogP contribution in [-0.4, -0.2) is 38.5 Å². The van der Waals surface area contributed by atoms with Crippen LogP contribution in [0.25, 0.3) is 0 Å². The van der Waals surface area contributed by atoms with Gasteiger partial charge in [-0.05, 0) is 45.1 Å². The first-order valence-electron chi connectivity index (χ1n) is 7.38. The highest BCUT2D eigenvalue weighted by Crippen LogP contribution is 2.18. The van der Waals surface area contributed by atoms with Crippen LogP contribution in [0.2, 0.25) is 0 Å². The molecule has 100 valence electrons. The first-order chi connectivity index (χ1) is 8.45. The van der Waals surface area contributed by atoms with Crippen molar-refractivity contribution in [1.82, 2.24) is 5.32 Å². The third-order valence-electron chi connectivity index (χ3n) is 3.60. The molecule has 0 spiro atoms. The second kappa shape index (κ2) is 8.06. The molecule has 2 fully saturated rings. The molecule has 0 amide bonds. The van der Waals surface area contributed by atoms with Crippen molar-refractivity contribution < 1.29 is 9.47 Å². The molecule has 0 bridgehead atoms. The molecule has 0 aromatic carbocycles. The van der Waals surface area contributed by atoms with Crippen molar-refractivity contribution in [3.8, 4) is 0 Å². The maximum Gasteiger partial charge on any atom is 0.0619 e. The van der Waals surface area contributed by atoms with Gasteiger partial charge in [0.1, 0.15) is 0 Å². The molecule has 0 atom stereocenters. The topological polar surface area (TPSA) is 30.5 Å². The Hall–Kier alpha value is -0.120. The molecule has 17 heavy (non-hydrogen) atoms. The molecule has 1 aliphatic carbocycles. The van der Waals surface area contributed by atoms with Crippen molar-refractivity contribution in [2.45, 2.75) is 63.5 Å². The molecule has 1 saturated heterocycles. The standard InChI is InChI=1S/C14H27NO2/c1(3-9-15-13-5-6-13)2-4-10-17-14-7-11-16-12-8-14/h13-15H,1-12H2. The summed E-state index contributed by atoms with van der Waals surface area (Å²) in [5, 5.41) is 3.55. The lowest BCUT2D eigenvalue weighted by Gasteiger charge is -2.22. The van der Waals surface area contributed by atoms with E-state index in [1.54, 1.807) is 0 Å². The van der Waals surface area contributed by atoms with E-state index in [0.29, 0.717) is 6.10 Å². The zero-order chi connectivity index (χ0) is 11.8. The van der Waals surface area contributed by atoms with E-state index in [-0.39, 0.29) is 0 Å². The molecule has 0 radical (unpaired) electrons. The van der Waals surface area contributed by atoms with E-state index >= 15 is 0 Å². The highest BCUT2D eigenvalue weighted by atomic mass is 16.5. The average molecular weight is 241 g/mol. The van der Waals surface area contributed by atoms with Crippen molar-refractivity contribution in [3.05, 3.63) is 0 Å². The molecule has 1 aliphatic heterocycles. The normalized spacial score (nSPS) is 21.9. The van der Waals surface area contributed by atoms with Crippen LogP contribution in [0.15, 0.2) is 0 Å². The van der Waals surface area contributed by atoms with Crippen LogP contribution < -0.4 is 5.32 Å². The van der Waals surface area contributed by atoms with Crippen LogP contribution >= 0.6 is 0 Å². The average Bonchev–Trinajstić information content (AvgIpc) is 3.18. The minimum atomic E-state index is 0.472. The number of hydrogen-bond acceptors (Lipinski definition) is 3. The summed E-state index contributed by atoms with van der Waals surface area (Å²) < 4.78 is 11.2. The van der Waals surface area contributed by atoms with E-state index in [1.165, 1.54) is 45.1 Å². The van der Waals surface area contributed by atoms with E-state index in [2.05, 4.69) is 5.32 Å². The van der Waals surface area contributed by atoms with Gasteiger partial charge in [0.15, 0.2) is 0 Å². The predicted molar refractivity (Wildman–Crippen MR) is 69.3 cm³/mol. The van der Waals surface area contributed by atoms with E-state index in [4.69, 9.17) is 9.47 Å². The van der Waals surface area contributed by atoms with Crippen LogP contribution in [-0.2, 0) is 9.47 Å². The fourth-order valence-corrected chi connectivity index (χ4v) is 2.27. The number of ether oxygens (including phenoxy) is 2. The van der Waals surface area contributed by atoms with E-state index in [1.807, 2.05) is 0 Å². The van der Waals surface area contributed by atoms with Crippen LogP contribution in [0.5, 0.6) is 0 Å². The summed E-state index contributed by atoms with van der Waals surface area (Å²) in [5.74, 6) is 0. The number of hydrogen-bond donors (Lipinski definition) is 1. The van der Waals surface area contributed by atoms with Crippen molar-refractivity contribution in [1.29, 1.82) is 0 Å². The van der Waals surface area contributed by atoms with Gasteiger partial charge in [-0.15, -0.1) is 0 Å². The molecule has 0 unspecified atom stereocenters. The van der Waals surface area contributed by atoms with Gasteiger partial charge in [0.25, 0.3) is 0 Å². The van der Waals surface area contributed by atoms with Gasteiger partial charge in [-0.3, -0.25) is 0 Å². The van der Waals surface area contributed by atoms with Gasteiger partial charge >= 0.3 is 0 Å². The quantitative estimate of drug-likeness (QED) is 0.629. The number of unbranched alkanes of at least 4 members (excludes halogenated alkanes) is 3. The van der Waals surface area contributed by atoms with Crippen molar-refractivity contribution in [2.75, 3.05) is 26.4 Å². The monoisotopic (exact) mass is 241 g/mol. The van der Waals surface area contributed by atoms with Gasteiger partial charge in [-0.25, -0.2) is 0 Å². The SMILES string of the molecule is C(CCCOC1CCOCC1)CCNC1CC1. The summed E-state index contributed by atoms with van der Waals surface area (Å²) in [6, 6.07) is 0.867. The summed E-state index contributed by atoms with van der Waals surface area (Å²) >= 11 is 0. The summed E-state index contributed by atoms with van der Waals surface area (Å²) in [7, 11) is 0. The van der Waals surface area contributed by atoms with Crippen molar-refractivity contribution >= 4 is 0 Å². The molecule has 2 rings (SSSR count). The molecule has 1 saturated carbocycles. The molecular weight excluding hydrogens is 214 g/mol. The second-order valence-corrected chi connectivity index (χ2v) is 5.33. The zero-order valence-corrected chi connectivity index (χ0v) is 11.0. The molecular formula is C14H27NO2. The molecule has 0 aromatic rings. The van der Waals surface area contributed by atoms with Crippen LogP contribution in [0.1, 0.15) is 51.4 Å². The van der Waals surface area contributed by atoms with E-state index in [0.717, 1.165) is 38.7 Å². The van der Waals surface area contributed by atoms with Crippen molar-refractivity contribution in [3.63, 3.8) is 0 Å². The summed E-state index contributed by atoms with van der Waals surface area (Å²) in [6.45, 7) is 3.93. The molecule has 0 aromatic heterocycles. The Morgan fingerprint density at radius 1 is 0.941 bits per heavy atom. The lowest BCUT2D eigenvalue weighted by molar-refractivity contribution is -0.0327. The summed E-state index contributed by atoms with van der Waals surface area (Å²) in [4.78, 5) is 0. The molecule has 2 aliphatic rings. The third-order valence-corrected chi connectivity index (χ3v) is 3.60. The Balaban J connectivity index is 1.31. The maximum absolute atomic E-state index is 5.84. The highest BCUT2D eigenvalue weighted by Gasteiger charge is 2.19. The van der Waals surface area contributed by atoms with Crippen molar-refractivity contribution in [2.24, 2.45) is 0 Å². The Bertz CT molecular complexity index is 189. The lowest BCUT2D eigenvalue weighted by Crippen LogP contribution is -2.23. The predicted octanol–water partition coefficient (Wildman–Crippen LogP) is 2.49. The first kappa shape index (κ1) is 13.3. The van der Waals surface area contributed by atoms with E-state index in [9.17, 15) is 0 Å². The highest BCUT2D eigenvalue weighted by molar-refractivity contribution is 4.80. The van der Waals surface area contributed by atoms with Gasteiger partial charge in [0.05, 0.1) is 6.10 Å². The Morgan fingerprint density at radius 3 is 2.47 bits per heavy atom. The number of rotatable bonds is 9. The van der Waals surface area contributed by atoms with Gasteiger partial charge in [-0.1, -0.05) is 12.8 Å². The maximum atomic E-state index is 5.84. The van der Waals surface area contributed by atoms with Crippen LogP contribution in [0.3, 0.4) is 0 Å². The Kier molecular flexibility index (Phi) is 6.32. The first-order valence-corrected chi connectivity index (χ1v) is 7.38. The fraction of sp³-hybridized carbons (Fsp3) is 1.00. The molecule has 1 N–H and O–H groups in total. The lowest BCUT2D eigenvalue weighted by atomic mass is 10.1. The van der Waals surface area contributed by atoms with Crippen LogP contribution in [0, 0.1) is 0 Å². The molecule has 3 heteroatoms. The second-order valence-electron chi connectivity index (χ2n) is 5.33. The molecule has 3 nitrogen and oxygen atoms in total.